The Morgan fingerprint density at radius 1 is 0.897 bits per heavy atom. The summed E-state index contributed by atoms with van der Waals surface area (Å²) in [5, 5.41) is 5.33. The second-order valence-corrected chi connectivity index (χ2v) is 6.65. The van der Waals surface area contributed by atoms with E-state index in [0.29, 0.717) is 22.7 Å². The van der Waals surface area contributed by atoms with Crippen LogP contribution in [0.25, 0.3) is 0 Å². The van der Waals surface area contributed by atoms with Crippen LogP contribution in [0.15, 0.2) is 66.7 Å². The fourth-order valence-corrected chi connectivity index (χ4v) is 2.81. The Bertz CT molecular complexity index is 1050. The molecule has 5 nitrogen and oxygen atoms in total. The molecule has 0 fully saturated rings. The molecule has 3 aromatic rings. The normalized spacial score (nSPS) is 10.3. The van der Waals surface area contributed by atoms with Crippen molar-refractivity contribution in [1.29, 1.82) is 0 Å². The van der Waals surface area contributed by atoms with Gasteiger partial charge >= 0.3 is 0 Å². The van der Waals surface area contributed by atoms with E-state index in [1.54, 1.807) is 30.3 Å². The van der Waals surface area contributed by atoms with Gasteiger partial charge in [0.1, 0.15) is 11.6 Å². The molecule has 0 unspecified atom stereocenters. The molecule has 0 bridgehead atoms. The van der Waals surface area contributed by atoms with E-state index in [1.807, 2.05) is 32.0 Å². The van der Waals surface area contributed by atoms with Gasteiger partial charge in [-0.15, -0.1) is 0 Å². The van der Waals surface area contributed by atoms with E-state index in [9.17, 15) is 14.0 Å². The van der Waals surface area contributed by atoms with Gasteiger partial charge in [0.05, 0.1) is 0 Å². The molecular weight excluding hydrogens is 371 g/mol. The highest BCUT2D eigenvalue weighted by atomic mass is 19.1. The zero-order valence-electron chi connectivity index (χ0n) is 16.2. The molecule has 2 N–H and O–H groups in total. The van der Waals surface area contributed by atoms with Crippen molar-refractivity contribution in [3.63, 3.8) is 0 Å². The highest BCUT2D eigenvalue weighted by Gasteiger charge is 2.10. The summed E-state index contributed by atoms with van der Waals surface area (Å²) < 4.78 is 18.8. The molecule has 0 heterocycles. The zero-order valence-corrected chi connectivity index (χ0v) is 16.2. The van der Waals surface area contributed by atoms with Crippen LogP contribution in [0.5, 0.6) is 5.75 Å². The highest BCUT2D eigenvalue weighted by Crippen LogP contribution is 2.19. The number of amides is 2. The van der Waals surface area contributed by atoms with Gasteiger partial charge in [0.25, 0.3) is 11.8 Å². The summed E-state index contributed by atoms with van der Waals surface area (Å²) in [7, 11) is 0. The van der Waals surface area contributed by atoms with E-state index in [1.165, 1.54) is 18.2 Å². The SMILES string of the molecule is Cc1ccc(OCC(=O)Nc2cccc(C(=O)Nc3cccc(F)c3)c2)c(C)c1. The van der Waals surface area contributed by atoms with Crippen LogP contribution in [0.4, 0.5) is 15.8 Å². The molecule has 0 aliphatic heterocycles. The maximum Gasteiger partial charge on any atom is 0.262 e. The first kappa shape index (κ1) is 20.1. The summed E-state index contributed by atoms with van der Waals surface area (Å²) in [6.45, 7) is 3.76. The number of halogens is 1. The summed E-state index contributed by atoms with van der Waals surface area (Å²) in [5.74, 6) is -0.535. The van der Waals surface area contributed by atoms with E-state index >= 15 is 0 Å². The molecule has 148 valence electrons. The number of carbonyl (C=O) groups is 2. The van der Waals surface area contributed by atoms with E-state index in [0.717, 1.165) is 11.1 Å². The number of hydrogen-bond donors (Lipinski definition) is 2. The van der Waals surface area contributed by atoms with Crippen molar-refractivity contribution < 1.29 is 18.7 Å². The summed E-state index contributed by atoms with van der Waals surface area (Å²) in [4.78, 5) is 24.6. The number of benzene rings is 3. The molecule has 0 aliphatic carbocycles. The number of aryl methyl sites for hydroxylation is 2. The second kappa shape index (κ2) is 9.01. The quantitative estimate of drug-likeness (QED) is 0.638. The number of anilines is 2. The molecule has 0 radical (unpaired) electrons. The maximum absolute atomic E-state index is 13.3. The Kier molecular flexibility index (Phi) is 6.24. The van der Waals surface area contributed by atoms with Crippen LogP contribution in [0.1, 0.15) is 21.5 Å². The molecule has 3 rings (SSSR count). The minimum absolute atomic E-state index is 0.149. The number of ether oxygens (including phenoxy) is 1. The Morgan fingerprint density at radius 2 is 1.62 bits per heavy atom. The van der Waals surface area contributed by atoms with E-state index in [4.69, 9.17) is 4.74 Å². The summed E-state index contributed by atoms with van der Waals surface area (Å²) >= 11 is 0. The van der Waals surface area contributed by atoms with E-state index in [-0.39, 0.29) is 12.5 Å². The largest absolute Gasteiger partial charge is 0.483 e. The minimum atomic E-state index is -0.437. The van der Waals surface area contributed by atoms with Crippen LogP contribution in [0, 0.1) is 19.7 Å². The third kappa shape index (κ3) is 5.65. The van der Waals surface area contributed by atoms with E-state index in [2.05, 4.69) is 10.6 Å². The molecule has 3 aromatic carbocycles. The minimum Gasteiger partial charge on any atom is -0.483 e. The Labute approximate surface area is 168 Å². The van der Waals surface area contributed by atoms with Crippen molar-refractivity contribution in [3.05, 3.63) is 89.2 Å². The van der Waals surface area contributed by atoms with Crippen LogP contribution in [0.3, 0.4) is 0 Å². The van der Waals surface area contributed by atoms with Crippen molar-refractivity contribution in [3.8, 4) is 5.75 Å². The maximum atomic E-state index is 13.3. The zero-order chi connectivity index (χ0) is 20.8. The third-order valence-electron chi connectivity index (χ3n) is 4.18. The first-order valence-corrected chi connectivity index (χ1v) is 9.07. The van der Waals surface area contributed by atoms with Crippen molar-refractivity contribution in [2.45, 2.75) is 13.8 Å². The summed E-state index contributed by atoms with van der Waals surface area (Å²) in [6.07, 6.45) is 0. The fraction of sp³-hybridized carbons (Fsp3) is 0.130. The predicted octanol–water partition coefficient (Wildman–Crippen LogP) is 4.71. The van der Waals surface area contributed by atoms with Crippen LogP contribution in [0.2, 0.25) is 0 Å². The van der Waals surface area contributed by atoms with Gasteiger partial charge in [-0.25, -0.2) is 4.39 Å². The summed E-state index contributed by atoms with van der Waals surface area (Å²) in [5.41, 5.74) is 3.22. The highest BCUT2D eigenvalue weighted by molar-refractivity contribution is 6.05. The van der Waals surface area contributed by atoms with Crippen LogP contribution < -0.4 is 15.4 Å². The smallest absolute Gasteiger partial charge is 0.262 e. The molecule has 0 saturated heterocycles. The van der Waals surface area contributed by atoms with Gasteiger partial charge in [0, 0.05) is 16.9 Å². The Morgan fingerprint density at radius 3 is 2.34 bits per heavy atom. The van der Waals surface area contributed by atoms with Crippen LogP contribution >= 0.6 is 0 Å². The molecule has 2 amide bonds. The Balaban J connectivity index is 1.60. The van der Waals surface area contributed by atoms with Gasteiger partial charge in [-0.05, 0) is 61.9 Å². The number of hydrogen-bond acceptors (Lipinski definition) is 3. The molecule has 0 aromatic heterocycles. The van der Waals surface area contributed by atoms with Crippen molar-refractivity contribution in [2.24, 2.45) is 0 Å². The van der Waals surface area contributed by atoms with Crippen molar-refractivity contribution in [1.82, 2.24) is 0 Å². The second-order valence-electron chi connectivity index (χ2n) is 6.65. The van der Waals surface area contributed by atoms with Gasteiger partial charge in [0.2, 0.25) is 0 Å². The third-order valence-corrected chi connectivity index (χ3v) is 4.18. The van der Waals surface area contributed by atoms with Gasteiger partial charge in [0.15, 0.2) is 6.61 Å². The fourth-order valence-electron chi connectivity index (χ4n) is 2.81. The van der Waals surface area contributed by atoms with Crippen molar-refractivity contribution in [2.75, 3.05) is 17.2 Å². The lowest BCUT2D eigenvalue weighted by Gasteiger charge is -2.11. The van der Waals surface area contributed by atoms with Gasteiger partial charge < -0.3 is 15.4 Å². The van der Waals surface area contributed by atoms with Crippen molar-refractivity contribution >= 4 is 23.2 Å². The molecule has 0 atom stereocenters. The monoisotopic (exact) mass is 392 g/mol. The molecule has 0 spiro atoms. The lowest BCUT2D eigenvalue weighted by Crippen LogP contribution is -2.21. The van der Waals surface area contributed by atoms with Crippen LogP contribution in [-0.4, -0.2) is 18.4 Å². The average Bonchev–Trinajstić information content (AvgIpc) is 2.67. The average molecular weight is 392 g/mol. The van der Waals surface area contributed by atoms with Gasteiger partial charge in [-0.2, -0.15) is 0 Å². The standard InChI is InChI=1S/C23H21FN2O3/c1-15-9-10-21(16(2)11-15)29-14-22(27)25-19-7-3-5-17(12-19)23(28)26-20-8-4-6-18(24)13-20/h3-13H,14H2,1-2H3,(H,25,27)(H,26,28). The lowest BCUT2D eigenvalue weighted by molar-refractivity contribution is -0.118. The molecule has 0 aliphatic rings. The Hall–Kier alpha value is -3.67. The van der Waals surface area contributed by atoms with E-state index < -0.39 is 11.7 Å². The summed E-state index contributed by atoms with van der Waals surface area (Å²) in [6, 6.07) is 17.8. The number of nitrogens with one attached hydrogen (secondary N) is 2. The number of rotatable bonds is 6. The van der Waals surface area contributed by atoms with Gasteiger partial charge in [-0.3, -0.25) is 9.59 Å². The topological polar surface area (TPSA) is 67.4 Å². The van der Waals surface area contributed by atoms with Crippen LogP contribution in [-0.2, 0) is 4.79 Å². The first-order chi connectivity index (χ1) is 13.9. The van der Waals surface area contributed by atoms with Gasteiger partial charge in [-0.1, -0.05) is 29.8 Å². The molecule has 29 heavy (non-hydrogen) atoms. The number of carbonyl (C=O) groups excluding carboxylic acids is 2. The molecule has 6 heteroatoms. The molecular formula is C23H21FN2O3. The molecule has 0 saturated carbocycles. The first-order valence-electron chi connectivity index (χ1n) is 9.07. The lowest BCUT2D eigenvalue weighted by atomic mass is 10.1. The predicted molar refractivity (Wildman–Crippen MR) is 111 cm³/mol.